The Morgan fingerprint density at radius 2 is 2.14 bits per heavy atom. The minimum Gasteiger partial charge on any atom is -0.344 e. The highest BCUT2D eigenvalue weighted by atomic mass is 32.1. The van der Waals surface area contributed by atoms with Crippen LogP contribution in [0.15, 0.2) is 0 Å². The van der Waals surface area contributed by atoms with Crippen LogP contribution in [0.5, 0.6) is 0 Å². The minimum absolute atomic E-state index is 0.355. The first-order valence-electron chi connectivity index (χ1n) is 8.02. The molecular weight excluding hydrogens is 282 g/mol. The molecule has 0 amide bonds. The molecule has 5 nitrogen and oxygen atoms in total. The van der Waals surface area contributed by atoms with Crippen molar-refractivity contribution < 1.29 is 0 Å². The Kier molecular flexibility index (Phi) is 3.41. The molecule has 21 heavy (non-hydrogen) atoms. The fourth-order valence-electron chi connectivity index (χ4n) is 3.42. The topological polar surface area (TPSA) is 57.7 Å². The monoisotopic (exact) mass is 303 g/mol. The number of hydrogen-bond acceptors (Lipinski definition) is 5. The Bertz CT molecular complexity index is 608. The van der Waals surface area contributed by atoms with Gasteiger partial charge in [0.2, 0.25) is 5.13 Å². The molecule has 6 heteroatoms. The predicted octanol–water partition coefficient (Wildman–Crippen LogP) is 3.04. The second kappa shape index (κ2) is 5.40. The van der Waals surface area contributed by atoms with Crippen molar-refractivity contribution in [3.63, 3.8) is 0 Å². The molecule has 1 atom stereocenters. The van der Waals surface area contributed by atoms with Crippen LogP contribution in [0.1, 0.15) is 61.7 Å². The minimum atomic E-state index is 0.355. The lowest BCUT2D eigenvalue weighted by molar-refractivity contribution is 0.667. The standard InChI is InChI=1S/C15H21N5S/c1-2-13-18-15(21-19-13)20-9-5-8-12(20)14-16-10-6-3-4-7-11(10)17-14/h12H,2-9H2,1H3,(H,16,17)/t12-/m0/s1. The third-order valence-electron chi connectivity index (χ3n) is 4.56. The van der Waals surface area contributed by atoms with E-state index in [1.807, 2.05) is 0 Å². The van der Waals surface area contributed by atoms with Crippen molar-refractivity contribution in [2.75, 3.05) is 11.4 Å². The number of fused-ring (bicyclic) bond motifs is 1. The molecule has 0 spiro atoms. The van der Waals surface area contributed by atoms with Crippen molar-refractivity contribution in [1.29, 1.82) is 0 Å². The van der Waals surface area contributed by atoms with Gasteiger partial charge in [0, 0.05) is 30.2 Å². The molecule has 1 fully saturated rings. The number of nitrogens with zero attached hydrogens (tertiary/aromatic N) is 4. The van der Waals surface area contributed by atoms with Crippen molar-refractivity contribution >= 4 is 16.7 Å². The maximum absolute atomic E-state index is 4.89. The van der Waals surface area contributed by atoms with E-state index in [0.717, 1.165) is 49.0 Å². The molecular formula is C15H21N5S. The van der Waals surface area contributed by atoms with Crippen LogP contribution in [0.3, 0.4) is 0 Å². The molecule has 2 aromatic heterocycles. The fraction of sp³-hybridized carbons (Fsp3) is 0.667. The van der Waals surface area contributed by atoms with Crippen molar-refractivity contribution in [2.24, 2.45) is 0 Å². The fourth-order valence-corrected chi connectivity index (χ4v) is 4.24. The van der Waals surface area contributed by atoms with Gasteiger partial charge in [-0.1, -0.05) is 6.92 Å². The van der Waals surface area contributed by atoms with Crippen LogP contribution in [0.4, 0.5) is 5.13 Å². The normalized spacial score (nSPS) is 21.8. The third-order valence-corrected chi connectivity index (χ3v) is 5.35. The van der Waals surface area contributed by atoms with E-state index in [-0.39, 0.29) is 0 Å². The van der Waals surface area contributed by atoms with Crippen LogP contribution in [-0.2, 0) is 19.3 Å². The van der Waals surface area contributed by atoms with Crippen LogP contribution in [0.2, 0.25) is 0 Å². The van der Waals surface area contributed by atoms with Gasteiger partial charge in [-0.05, 0) is 38.5 Å². The molecule has 1 saturated heterocycles. The summed E-state index contributed by atoms with van der Waals surface area (Å²) in [6.07, 6.45) is 8.14. The van der Waals surface area contributed by atoms with Gasteiger partial charge in [0.05, 0.1) is 11.7 Å². The second-order valence-electron chi connectivity index (χ2n) is 5.95. The summed E-state index contributed by atoms with van der Waals surface area (Å²) in [5.41, 5.74) is 2.67. The largest absolute Gasteiger partial charge is 0.344 e. The highest BCUT2D eigenvalue weighted by Crippen LogP contribution is 2.36. The molecule has 2 aromatic rings. The molecule has 0 saturated carbocycles. The molecule has 0 aromatic carbocycles. The number of hydrogen-bond donors (Lipinski definition) is 1. The number of anilines is 1. The van der Waals surface area contributed by atoms with Gasteiger partial charge in [-0.2, -0.15) is 4.37 Å². The van der Waals surface area contributed by atoms with Gasteiger partial charge in [-0.15, -0.1) is 0 Å². The Hall–Kier alpha value is -1.43. The van der Waals surface area contributed by atoms with E-state index in [9.17, 15) is 0 Å². The molecule has 0 radical (unpaired) electrons. The molecule has 1 aliphatic carbocycles. The summed E-state index contributed by atoms with van der Waals surface area (Å²) in [6.45, 7) is 3.17. The Labute approximate surface area is 129 Å². The zero-order chi connectivity index (χ0) is 14.2. The summed E-state index contributed by atoms with van der Waals surface area (Å²) in [5, 5.41) is 1.06. The zero-order valence-electron chi connectivity index (χ0n) is 12.4. The smallest absolute Gasteiger partial charge is 0.205 e. The van der Waals surface area contributed by atoms with Gasteiger partial charge < -0.3 is 9.88 Å². The SMILES string of the molecule is CCc1nsc(N2CCC[C@H]2c2nc3c([nH]2)CCCC3)n1. The summed E-state index contributed by atoms with van der Waals surface area (Å²) >= 11 is 1.53. The molecule has 2 aliphatic rings. The summed E-state index contributed by atoms with van der Waals surface area (Å²) < 4.78 is 4.43. The van der Waals surface area contributed by atoms with Gasteiger partial charge in [-0.3, -0.25) is 0 Å². The first-order chi connectivity index (χ1) is 10.3. The maximum Gasteiger partial charge on any atom is 0.205 e. The number of rotatable bonds is 3. The Morgan fingerprint density at radius 3 is 2.95 bits per heavy atom. The van der Waals surface area contributed by atoms with Gasteiger partial charge >= 0.3 is 0 Å². The van der Waals surface area contributed by atoms with E-state index >= 15 is 0 Å². The van der Waals surface area contributed by atoms with Crippen molar-refractivity contribution in [2.45, 2.75) is 57.9 Å². The number of aromatic nitrogens is 4. The van der Waals surface area contributed by atoms with E-state index in [0.29, 0.717) is 6.04 Å². The first-order valence-corrected chi connectivity index (χ1v) is 8.79. The van der Waals surface area contributed by atoms with Crippen LogP contribution in [0.25, 0.3) is 0 Å². The van der Waals surface area contributed by atoms with Crippen LogP contribution < -0.4 is 4.90 Å². The number of aryl methyl sites for hydroxylation is 3. The third kappa shape index (κ3) is 2.35. The highest BCUT2D eigenvalue weighted by Gasteiger charge is 2.31. The average Bonchev–Trinajstić information content (AvgIpc) is 3.23. The van der Waals surface area contributed by atoms with Crippen molar-refractivity contribution in [3.05, 3.63) is 23.0 Å². The average molecular weight is 303 g/mol. The number of aromatic amines is 1. The Morgan fingerprint density at radius 1 is 1.24 bits per heavy atom. The summed E-state index contributed by atoms with van der Waals surface area (Å²) in [6, 6.07) is 0.355. The summed E-state index contributed by atoms with van der Waals surface area (Å²) in [4.78, 5) is 15.5. The highest BCUT2D eigenvalue weighted by molar-refractivity contribution is 7.09. The van der Waals surface area contributed by atoms with Gasteiger partial charge in [0.1, 0.15) is 11.6 Å². The number of H-pyrrole nitrogens is 1. The molecule has 1 N–H and O–H groups in total. The zero-order valence-corrected chi connectivity index (χ0v) is 13.2. The number of nitrogens with one attached hydrogen (secondary N) is 1. The van der Waals surface area contributed by atoms with Crippen LogP contribution in [-0.4, -0.2) is 25.9 Å². The lowest BCUT2D eigenvalue weighted by atomic mass is 10.0. The predicted molar refractivity (Wildman–Crippen MR) is 83.8 cm³/mol. The molecule has 0 unspecified atom stereocenters. The second-order valence-corrected chi connectivity index (χ2v) is 6.68. The van der Waals surface area contributed by atoms with Gasteiger partial charge in [0.15, 0.2) is 0 Å². The van der Waals surface area contributed by atoms with Gasteiger partial charge in [0.25, 0.3) is 0 Å². The van der Waals surface area contributed by atoms with Crippen LogP contribution in [0, 0.1) is 0 Å². The van der Waals surface area contributed by atoms with Gasteiger partial charge in [-0.25, -0.2) is 9.97 Å². The van der Waals surface area contributed by atoms with E-state index in [1.54, 1.807) is 0 Å². The lowest BCUT2D eigenvalue weighted by Crippen LogP contribution is -2.23. The molecule has 3 heterocycles. The van der Waals surface area contributed by atoms with E-state index < -0.39 is 0 Å². The lowest BCUT2D eigenvalue weighted by Gasteiger charge is -2.21. The maximum atomic E-state index is 4.89. The van der Waals surface area contributed by atoms with E-state index in [2.05, 4.69) is 26.2 Å². The first kappa shape index (κ1) is 13.2. The van der Waals surface area contributed by atoms with Crippen LogP contribution >= 0.6 is 11.5 Å². The molecule has 0 bridgehead atoms. The van der Waals surface area contributed by atoms with E-state index in [4.69, 9.17) is 4.98 Å². The van der Waals surface area contributed by atoms with E-state index in [1.165, 1.54) is 42.2 Å². The Balaban J connectivity index is 1.62. The number of imidazole rings is 1. The quantitative estimate of drug-likeness (QED) is 0.947. The van der Waals surface area contributed by atoms with Crippen molar-refractivity contribution in [3.8, 4) is 0 Å². The summed E-state index contributed by atoms with van der Waals surface area (Å²) in [5.74, 6) is 2.10. The molecule has 4 rings (SSSR count). The molecule has 112 valence electrons. The summed E-state index contributed by atoms with van der Waals surface area (Å²) in [7, 11) is 0. The molecule has 1 aliphatic heterocycles. The van der Waals surface area contributed by atoms with Crippen molar-refractivity contribution in [1.82, 2.24) is 19.3 Å².